The molecular weight excluding hydrogens is 282 g/mol. The van der Waals surface area contributed by atoms with Crippen molar-refractivity contribution >= 4 is 23.4 Å². The highest BCUT2D eigenvalue weighted by atomic mass is 32.1. The van der Waals surface area contributed by atoms with Crippen molar-refractivity contribution in [3.8, 4) is 0 Å². The van der Waals surface area contributed by atoms with Gasteiger partial charge < -0.3 is 14.7 Å². The molecule has 1 aliphatic heterocycles. The van der Waals surface area contributed by atoms with Crippen LogP contribution in [0.15, 0.2) is 0 Å². The van der Waals surface area contributed by atoms with E-state index in [1.807, 2.05) is 0 Å². The molecular formula is C15H29N5S. The average Bonchev–Trinajstić information content (AvgIpc) is 2.97. The summed E-state index contributed by atoms with van der Waals surface area (Å²) in [7, 11) is 2.19. The lowest BCUT2D eigenvalue weighted by atomic mass is 10.2. The van der Waals surface area contributed by atoms with Crippen molar-refractivity contribution in [1.82, 2.24) is 13.6 Å². The molecule has 2 heterocycles. The number of anilines is 2. The van der Waals surface area contributed by atoms with E-state index in [9.17, 15) is 0 Å². The maximum Gasteiger partial charge on any atom is 0.187 e. The van der Waals surface area contributed by atoms with Crippen LogP contribution < -0.4 is 9.80 Å². The van der Waals surface area contributed by atoms with E-state index in [1.54, 1.807) is 0 Å². The minimum Gasteiger partial charge on any atom is -0.353 e. The summed E-state index contributed by atoms with van der Waals surface area (Å²) in [6, 6.07) is 0. The smallest absolute Gasteiger partial charge is 0.187 e. The van der Waals surface area contributed by atoms with Crippen LogP contribution in [-0.2, 0) is 0 Å². The summed E-state index contributed by atoms with van der Waals surface area (Å²) in [6.45, 7) is 11.0. The van der Waals surface area contributed by atoms with E-state index in [0.29, 0.717) is 0 Å². The van der Waals surface area contributed by atoms with Crippen LogP contribution in [0.5, 0.6) is 0 Å². The van der Waals surface area contributed by atoms with Crippen LogP contribution in [0.25, 0.3) is 0 Å². The fourth-order valence-corrected chi connectivity index (χ4v) is 3.21. The predicted molar refractivity (Wildman–Crippen MR) is 91.6 cm³/mol. The van der Waals surface area contributed by atoms with Crippen LogP contribution >= 0.6 is 11.7 Å². The van der Waals surface area contributed by atoms with E-state index in [4.69, 9.17) is 0 Å². The van der Waals surface area contributed by atoms with Gasteiger partial charge in [0.05, 0.1) is 11.7 Å². The van der Waals surface area contributed by atoms with E-state index in [-0.39, 0.29) is 0 Å². The molecule has 0 unspecified atom stereocenters. The number of hydrogen-bond donors (Lipinski definition) is 0. The van der Waals surface area contributed by atoms with Crippen molar-refractivity contribution in [2.24, 2.45) is 0 Å². The van der Waals surface area contributed by atoms with Gasteiger partial charge >= 0.3 is 0 Å². The lowest BCUT2D eigenvalue weighted by molar-refractivity contribution is 0.312. The van der Waals surface area contributed by atoms with Crippen molar-refractivity contribution in [3.63, 3.8) is 0 Å². The standard InChI is InChI=1S/C15H29N5S/c1-4-6-8-19(9-7-5-2)14-15(17-21-16-14)20-12-10-18(3)11-13-20/h4-13H2,1-3H3. The Morgan fingerprint density at radius 2 is 1.62 bits per heavy atom. The number of unbranched alkanes of at least 4 members (excludes halogenated alkanes) is 2. The highest BCUT2D eigenvalue weighted by molar-refractivity contribution is 6.99. The molecule has 0 atom stereocenters. The molecule has 1 fully saturated rings. The number of aromatic nitrogens is 2. The number of likely N-dealkylation sites (N-methyl/N-ethyl adjacent to an activating group) is 1. The topological polar surface area (TPSA) is 35.5 Å². The van der Waals surface area contributed by atoms with Gasteiger partial charge in [0.1, 0.15) is 0 Å². The normalized spacial score (nSPS) is 16.4. The maximum absolute atomic E-state index is 4.62. The number of hydrogen-bond acceptors (Lipinski definition) is 6. The Balaban J connectivity index is 2.07. The number of piperazine rings is 1. The van der Waals surface area contributed by atoms with Crippen molar-refractivity contribution in [3.05, 3.63) is 0 Å². The van der Waals surface area contributed by atoms with Crippen LogP contribution in [0.4, 0.5) is 11.6 Å². The van der Waals surface area contributed by atoms with Crippen LogP contribution in [0, 0.1) is 0 Å². The molecule has 0 amide bonds. The molecule has 0 bridgehead atoms. The van der Waals surface area contributed by atoms with Gasteiger partial charge in [-0.1, -0.05) is 26.7 Å². The SMILES string of the molecule is CCCCN(CCCC)c1nsnc1N1CCN(C)CC1. The molecule has 1 aromatic rings. The first-order valence-corrected chi connectivity index (χ1v) is 9.00. The van der Waals surface area contributed by atoms with Crippen LogP contribution in [0.1, 0.15) is 39.5 Å². The van der Waals surface area contributed by atoms with E-state index >= 15 is 0 Å². The third-order valence-corrected chi connectivity index (χ3v) is 4.63. The van der Waals surface area contributed by atoms with Gasteiger partial charge in [-0.2, -0.15) is 8.75 Å². The molecule has 2 rings (SSSR count). The fraction of sp³-hybridized carbons (Fsp3) is 0.867. The summed E-state index contributed by atoms with van der Waals surface area (Å²) in [5.41, 5.74) is 0. The largest absolute Gasteiger partial charge is 0.353 e. The molecule has 120 valence electrons. The average molecular weight is 311 g/mol. The predicted octanol–water partition coefficient (Wildman–Crippen LogP) is 2.70. The molecule has 0 radical (unpaired) electrons. The molecule has 5 nitrogen and oxygen atoms in total. The summed E-state index contributed by atoms with van der Waals surface area (Å²) in [5, 5.41) is 0. The summed E-state index contributed by atoms with van der Waals surface area (Å²) in [5.74, 6) is 2.23. The number of nitrogens with zero attached hydrogens (tertiary/aromatic N) is 5. The van der Waals surface area contributed by atoms with Gasteiger partial charge in [0.25, 0.3) is 0 Å². The first-order chi connectivity index (χ1) is 10.3. The third-order valence-electron chi connectivity index (χ3n) is 4.12. The molecule has 0 saturated carbocycles. The van der Waals surface area contributed by atoms with E-state index in [1.165, 1.54) is 37.4 Å². The molecule has 6 heteroatoms. The Kier molecular flexibility index (Phi) is 6.70. The molecule has 0 spiro atoms. The number of rotatable bonds is 8. The van der Waals surface area contributed by atoms with E-state index in [0.717, 1.165) is 50.9 Å². The van der Waals surface area contributed by atoms with Crippen LogP contribution in [0.3, 0.4) is 0 Å². The van der Waals surface area contributed by atoms with Crippen molar-refractivity contribution in [2.75, 3.05) is 56.1 Å². The highest BCUT2D eigenvalue weighted by Gasteiger charge is 2.23. The Morgan fingerprint density at radius 3 is 2.19 bits per heavy atom. The van der Waals surface area contributed by atoms with Gasteiger partial charge in [-0.05, 0) is 19.9 Å². The van der Waals surface area contributed by atoms with Crippen molar-refractivity contribution < 1.29 is 0 Å². The van der Waals surface area contributed by atoms with Gasteiger partial charge in [0, 0.05) is 39.3 Å². The summed E-state index contributed by atoms with van der Waals surface area (Å²) in [6.07, 6.45) is 4.90. The van der Waals surface area contributed by atoms with Crippen molar-refractivity contribution in [2.45, 2.75) is 39.5 Å². The molecule has 0 aromatic carbocycles. The first kappa shape index (κ1) is 16.5. The highest BCUT2D eigenvalue weighted by Crippen LogP contribution is 2.28. The second kappa shape index (κ2) is 8.54. The lowest BCUT2D eigenvalue weighted by Gasteiger charge is -2.34. The van der Waals surface area contributed by atoms with E-state index < -0.39 is 0 Å². The zero-order valence-electron chi connectivity index (χ0n) is 13.7. The van der Waals surface area contributed by atoms with Gasteiger partial charge in [-0.15, -0.1) is 0 Å². The van der Waals surface area contributed by atoms with E-state index in [2.05, 4.69) is 44.3 Å². The lowest BCUT2D eigenvalue weighted by Crippen LogP contribution is -2.45. The van der Waals surface area contributed by atoms with Gasteiger partial charge in [0.15, 0.2) is 11.6 Å². The third kappa shape index (κ3) is 4.54. The Hall–Kier alpha value is -0.880. The second-order valence-electron chi connectivity index (χ2n) is 5.90. The monoisotopic (exact) mass is 311 g/mol. The minimum atomic E-state index is 1.06. The molecule has 0 aliphatic carbocycles. The first-order valence-electron chi connectivity index (χ1n) is 8.27. The fourth-order valence-electron chi connectivity index (χ4n) is 2.62. The quantitative estimate of drug-likeness (QED) is 0.737. The molecule has 1 aromatic heterocycles. The minimum absolute atomic E-state index is 1.06. The Labute approximate surface area is 133 Å². The van der Waals surface area contributed by atoms with Gasteiger partial charge in [-0.3, -0.25) is 0 Å². The zero-order chi connectivity index (χ0) is 15.1. The van der Waals surface area contributed by atoms with Crippen LogP contribution in [0.2, 0.25) is 0 Å². The zero-order valence-corrected chi connectivity index (χ0v) is 14.5. The Bertz CT molecular complexity index is 393. The van der Waals surface area contributed by atoms with Gasteiger partial charge in [0.2, 0.25) is 0 Å². The van der Waals surface area contributed by atoms with Crippen molar-refractivity contribution in [1.29, 1.82) is 0 Å². The van der Waals surface area contributed by atoms with Crippen LogP contribution in [-0.4, -0.2) is 60.0 Å². The Morgan fingerprint density at radius 1 is 1.00 bits per heavy atom. The molecule has 0 N–H and O–H groups in total. The van der Waals surface area contributed by atoms with Gasteiger partial charge in [-0.25, -0.2) is 0 Å². The summed E-state index contributed by atoms with van der Waals surface area (Å²) >= 11 is 1.36. The second-order valence-corrected chi connectivity index (χ2v) is 6.42. The molecule has 1 aliphatic rings. The maximum atomic E-state index is 4.62. The summed E-state index contributed by atoms with van der Waals surface area (Å²) < 4.78 is 9.22. The molecule has 21 heavy (non-hydrogen) atoms. The molecule has 1 saturated heterocycles. The summed E-state index contributed by atoms with van der Waals surface area (Å²) in [4.78, 5) is 7.23.